The highest BCUT2D eigenvalue weighted by Crippen LogP contribution is 2.22. The van der Waals surface area contributed by atoms with Gasteiger partial charge >= 0.3 is 0 Å². The Morgan fingerprint density at radius 3 is 2.36 bits per heavy atom. The average molecular weight is 335 g/mol. The first-order valence-electron chi connectivity index (χ1n) is 8.87. The quantitative estimate of drug-likeness (QED) is 0.675. The summed E-state index contributed by atoms with van der Waals surface area (Å²) in [4.78, 5) is 4.52. The van der Waals surface area contributed by atoms with Gasteiger partial charge in [-0.05, 0) is 23.5 Å². The molecule has 0 radical (unpaired) electrons. The molecule has 25 heavy (non-hydrogen) atoms. The molecule has 0 aliphatic carbocycles. The van der Waals surface area contributed by atoms with Crippen molar-refractivity contribution < 1.29 is 4.52 Å². The molecule has 0 aliphatic rings. The summed E-state index contributed by atoms with van der Waals surface area (Å²) in [6.45, 7) is 7.11. The van der Waals surface area contributed by atoms with Gasteiger partial charge in [0, 0.05) is 11.6 Å². The maximum Gasteiger partial charge on any atom is 0.240 e. The smallest absolute Gasteiger partial charge is 0.240 e. The number of hydrogen-bond donors (Lipinski definition) is 1. The molecule has 3 rings (SSSR count). The van der Waals surface area contributed by atoms with Crippen molar-refractivity contribution in [2.24, 2.45) is 5.92 Å². The summed E-state index contributed by atoms with van der Waals surface area (Å²) in [7, 11) is 0. The highest BCUT2D eigenvalue weighted by molar-refractivity contribution is 5.54. The van der Waals surface area contributed by atoms with Crippen LogP contribution in [0.4, 0.5) is 0 Å². The molecule has 0 saturated carbocycles. The van der Waals surface area contributed by atoms with Crippen LogP contribution in [-0.4, -0.2) is 10.1 Å². The molecule has 0 unspecified atom stereocenters. The van der Waals surface area contributed by atoms with Crippen LogP contribution in [-0.2, 0) is 13.0 Å². The van der Waals surface area contributed by atoms with Crippen LogP contribution in [0.15, 0.2) is 59.1 Å². The molecule has 0 aliphatic heterocycles. The molecule has 0 saturated heterocycles. The zero-order chi connectivity index (χ0) is 17.6. The van der Waals surface area contributed by atoms with Gasteiger partial charge in [-0.15, -0.1) is 0 Å². The maximum atomic E-state index is 5.42. The van der Waals surface area contributed by atoms with Gasteiger partial charge in [0.1, 0.15) is 0 Å². The van der Waals surface area contributed by atoms with E-state index in [1.807, 2.05) is 18.2 Å². The topological polar surface area (TPSA) is 51.0 Å². The average Bonchev–Trinajstić information content (AvgIpc) is 3.11. The maximum absolute atomic E-state index is 5.42. The third-order valence-electron chi connectivity index (χ3n) is 4.39. The normalized spacial score (nSPS) is 12.5. The van der Waals surface area contributed by atoms with Crippen LogP contribution < -0.4 is 5.32 Å². The molecule has 4 heteroatoms. The standard InChI is InChI=1S/C21H25N3O/c1-4-16-10-12-18(13-11-16)21-23-19(25-24-21)14-22-20(15(2)3)17-8-6-5-7-9-17/h5-13,15,20,22H,4,14H2,1-3H3/t20-/m1/s1. The third kappa shape index (κ3) is 4.34. The van der Waals surface area contributed by atoms with Crippen molar-refractivity contribution in [3.05, 3.63) is 71.6 Å². The molecule has 2 aromatic carbocycles. The van der Waals surface area contributed by atoms with E-state index in [-0.39, 0.29) is 6.04 Å². The largest absolute Gasteiger partial charge is 0.338 e. The molecule has 1 aromatic heterocycles. The molecule has 1 N–H and O–H groups in total. The fourth-order valence-electron chi connectivity index (χ4n) is 2.93. The zero-order valence-corrected chi connectivity index (χ0v) is 15.1. The first-order chi connectivity index (χ1) is 12.2. The van der Waals surface area contributed by atoms with Crippen molar-refractivity contribution in [3.8, 4) is 11.4 Å². The predicted octanol–water partition coefficient (Wildman–Crippen LogP) is 4.79. The van der Waals surface area contributed by atoms with Crippen LogP contribution in [0, 0.1) is 5.92 Å². The first-order valence-corrected chi connectivity index (χ1v) is 8.87. The molecular formula is C21H25N3O. The molecule has 3 aromatic rings. The van der Waals surface area contributed by atoms with Crippen LogP contribution >= 0.6 is 0 Å². The van der Waals surface area contributed by atoms with Crippen molar-refractivity contribution in [1.82, 2.24) is 15.5 Å². The van der Waals surface area contributed by atoms with Crippen molar-refractivity contribution >= 4 is 0 Å². The first kappa shape index (κ1) is 17.4. The number of aromatic nitrogens is 2. The Morgan fingerprint density at radius 1 is 1.00 bits per heavy atom. The Morgan fingerprint density at radius 2 is 1.72 bits per heavy atom. The molecule has 0 amide bonds. The van der Waals surface area contributed by atoms with Crippen molar-refractivity contribution in [2.75, 3.05) is 0 Å². The van der Waals surface area contributed by atoms with Crippen molar-refractivity contribution in [2.45, 2.75) is 39.8 Å². The summed E-state index contributed by atoms with van der Waals surface area (Å²) in [5.74, 6) is 1.71. The number of hydrogen-bond acceptors (Lipinski definition) is 4. The number of nitrogens with zero attached hydrogens (tertiary/aromatic N) is 2. The van der Waals surface area contributed by atoms with E-state index in [0.29, 0.717) is 24.2 Å². The highest BCUT2D eigenvalue weighted by Gasteiger charge is 2.16. The summed E-state index contributed by atoms with van der Waals surface area (Å²) in [6, 6.07) is 19.0. The van der Waals surface area contributed by atoms with Gasteiger partial charge in [-0.25, -0.2) is 0 Å². The molecular weight excluding hydrogens is 310 g/mol. The SMILES string of the molecule is CCc1ccc(-c2noc(CN[C@@H](c3ccccc3)C(C)C)n2)cc1. The van der Waals surface area contributed by atoms with Crippen LogP contribution in [0.2, 0.25) is 0 Å². The van der Waals surface area contributed by atoms with Gasteiger partial charge in [0.05, 0.1) is 6.54 Å². The van der Waals surface area contributed by atoms with E-state index in [0.717, 1.165) is 12.0 Å². The molecule has 1 atom stereocenters. The molecule has 0 spiro atoms. The lowest BCUT2D eigenvalue weighted by Crippen LogP contribution is -2.25. The van der Waals surface area contributed by atoms with Crippen molar-refractivity contribution in [3.63, 3.8) is 0 Å². The lowest BCUT2D eigenvalue weighted by atomic mass is 9.96. The third-order valence-corrected chi connectivity index (χ3v) is 4.39. The predicted molar refractivity (Wildman–Crippen MR) is 100.0 cm³/mol. The summed E-state index contributed by atoms with van der Waals surface area (Å²) in [5, 5.41) is 7.65. The Balaban J connectivity index is 1.68. The second-order valence-corrected chi connectivity index (χ2v) is 6.58. The van der Waals surface area contributed by atoms with Gasteiger partial charge in [-0.1, -0.05) is 80.5 Å². The molecule has 4 nitrogen and oxygen atoms in total. The van der Waals surface area contributed by atoms with Gasteiger partial charge in [0.15, 0.2) is 0 Å². The minimum absolute atomic E-state index is 0.250. The minimum atomic E-state index is 0.250. The summed E-state index contributed by atoms with van der Waals surface area (Å²) in [6.07, 6.45) is 1.03. The molecule has 130 valence electrons. The van der Waals surface area contributed by atoms with Gasteiger partial charge < -0.3 is 9.84 Å². The summed E-state index contributed by atoms with van der Waals surface area (Å²) < 4.78 is 5.42. The Bertz CT molecular complexity index is 778. The van der Waals surface area contributed by atoms with E-state index in [1.54, 1.807) is 0 Å². The molecule has 0 fully saturated rings. The second kappa shape index (κ2) is 8.08. The van der Waals surface area contributed by atoms with E-state index in [1.165, 1.54) is 11.1 Å². The van der Waals surface area contributed by atoms with Gasteiger partial charge in [0.2, 0.25) is 11.7 Å². The lowest BCUT2D eigenvalue weighted by molar-refractivity contribution is 0.338. The summed E-state index contributed by atoms with van der Waals surface area (Å²) in [5.41, 5.74) is 3.56. The number of benzene rings is 2. The Kier molecular flexibility index (Phi) is 5.61. The molecule has 0 bridgehead atoms. The van der Waals surface area contributed by atoms with Gasteiger partial charge in [-0.3, -0.25) is 0 Å². The van der Waals surface area contributed by atoms with E-state index in [9.17, 15) is 0 Å². The van der Waals surface area contributed by atoms with Crippen LogP contribution in [0.1, 0.15) is 43.8 Å². The zero-order valence-electron chi connectivity index (χ0n) is 15.1. The lowest BCUT2D eigenvalue weighted by Gasteiger charge is -2.22. The summed E-state index contributed by atoms with van der Waals surface area (Å²) >= 11 is 0. The van der Waals surface area contributed by atoms with Crippen molar-refractivity contribution in [1.29, 1.82) is 0 Å². The number of aryl methyl sites for hydroxylation is 1. The fourth-order valence-corrected chi connectivity index (χ4v) is 2.93. The van der Waals surface area contributed by atoms with E-state index >= 15 is 0 Å². The van der Waals surface area contributed by atoms with E-state index < -0.39 is 0 Å². The second-order valence-electron chi connectivity index (χ2n) is 6.58. The van der Waals surface area contributed by atoms with Crippen LogP contribution in [0.25, 0.3) is 11.4 Å². The molecule has 1 heterocycles. The number of rotatable bonds is 7. The van der Waals surface area contributed by atoms with Crippen LogP contribution in [0.5, 0.6) is 0 Å². The number of nitrogens with one attached hydrogen (secondary N) is 1. The Labute approximate surface area is 149 Å². The van der Waals surface area contributed by atoms with Crippen LogP contribution in [0.3, 0.4) is 0 Å². The van der Waals surface area contributed by atoms with Gasteiger partial charge in [-0.2, -0.15) is 4.98 Å². The van der Waals surface area contributed by atoms with E-state index in [4.69, 9.17) is 4.52 Å². The van der Waals surface area contributed by atoms with E-state index in [2.05, 4.69) is 72.6 Å². The fraction of sp³-hybridized carbons (Fsp3) is 0.333. The highest BCUT2D eigenvalue weighted by atomic mass is 16.5. The minimum Gasteiger partial charge on any atom is -0.338 e. The van der Waals surface area contributed by atoms with Gasteiger partial charge in [0.25, 0.3) is 0 Å². The monoisotopic (exact) mass is 335 g/mol. The Hall–Kier alpha value is -2.46.